The Morgan fingerprint density at radius 3 is 2.71 bits per heavy atom. The van der Waals surface area contributed by atoms with E-state index < -0.39 is 0 Å². The molecule has 1 fully saturated rings. The van der Waals surface area contributed by atoms with Gasteiger partial charge in [0.25, 0.3) is 11.8 Å². The molecule has 1 atom stereocenters. The second-order valence-corrected chi connectivity index (χ2v) is 13.8. The van der Waals surface area contributed by atoms with E-state index in [1.165, 1.54) is 45.5 Å². The molecule has 2 amide bonds. The molecule has 2 aliphatic heterocycles. The van der Waals surface area contributed by atoms with E-state index in [9.17, 15) is 14.7 Å². The van der Waals surface area contributed by atoms with Crippen LogP contribution in [0.3, 0.4) is 0 Å². The van der Waals surface area contributed by atoms with Crippen molar-refractivity contribution in [1.29, 1.82) is 0 Å². The first-order valence-electron chi connectivity index (χ1n) is 16.3. The molecule has 2 N–H and O–H groups in total. The number of nitrogens with one attached hydrogen (secondary N) is 1. The third-order valence-corrected chi connectivity index (χ3v) is 11.3. The van der Waals surface area contributed by atoms with Crippen LogP contribution in [0, 0.1) is 0 Å². The monoisotopic (exact) mass is 627 g/mol. The average Bonchev–Trinajstić information content (AvgIpc) is 3.46. The minimum absolute atomic E-state index is 0.0942. The van der Waals surface area contributed by atoms with Crippen LogP contribution in [0.1, 0.15) is 75.7 Å². The number of amides is 2. The highest BCUT2D eigenvalue weighted by Gasteiger charge is 2.36. The number of nitrogens with zero attached hydrogens (tertiary/aromatic N) is 4. The van der Waals surface area contributed by atoms with Crippen LogP contribution < -0.4 is 5.32 Å². The van der Waals surface area contributed by atoms with Crippen molar-refractivity contribution in [1.82, 2.24) is 19.7 Å². The van der Waals surface area contributed by atoms with Crippen LogP contribution in [0.4, 0.5) is 5.82 Å². The fourth-order valence-corrected chi connectivity index (χ4v) is 8.63. The topological polar surface area (TPSA) is 89.0 Å². The number of rotatable bonds is 9. The summed E-state index contributed by atoms with van der Waals surface area (Å²) in [6.07, 6.45) is 18.2. The van der Waals surface area contributed by atoms with Gasteiger partial charge in [0.2, 0.25) is 0 Å². The quantitative estimate of drug-likeness (QED) is 0.361. The van der Waals surface area contributed by atoms with Gasteiger partial charge >= 0.3 is 0 Å². The molecule has 1 unspecified atom stereocenters. The lowest BCUT2D eigenvalue weighted by Crippen LogP contribution is -2.46. The zero-order valence-corrected chi connectivity index (χ0v) is 27.4. The molecule has 8 nitrogen and oxygen atoms in total. The van der Waals surface area contributed by atoms with Crippen LogP contribution in [-0.4, -0.2) is 83.0 Å². The van der Waals surface area contributed by atoms with Crippen molar-refractivity contribution in [3.05, 3.63) is 92.6 Å². The van der Waals surface area contributed by atoms with Gasteiger partial charge in [-0.3, -0.25) is 9.59 Å². The highest BCUT2D eigenvalue weighted by Crippen LogP contribution is 2.39. The van der Waals surface area contributed by atoms with E-state index in [1.54, 1.807) is 18.4 Å². The summed E-state index contributed by atoms with van der Waals surface area (Å²) < 4.78 is 0. The fraction of sp³-hybridized carbons (Fsp3) is 0.472. The van der Waals surface area contributed by atoms with Crippen LogP contribution in [0.25, 0.3) is 0 Å². The van der Waals surface area contributed by atoms with Gasteiger partial charge in [-0.25, -0.2) is 4.98 Å². The number of aromatic nitrogens is 1. The summed E-state index contributed by atoms with van der Waals surface area (Å²) in [5, 5.41) is 13.8. The van der Waals surface area contributed by atoms with Gasteiger partial charge in [-0.05, 0) is 124 Å². The van der Waals surface area contributed by atoms with E-state index in [2.05, 4.69) is 41.0 Å². The number of piperidine rings is 1. The van der Waals surface area contributed by atoms with Crippen molar-refractivity contribution in [3.8, 4) is 0 Å². The second-order valence-electron chi connectivity index (χ2n) is 12.7. The average molecular weight is 628 g/mol. The largest absolute Gasteiger partial charge is 0.392 e. The summed E-state index contributed by atoms with van der Waals surface area (Å²) in [6, 6.07) is 3.85. The van der Waals surface area contributed by atoms with Crippen molar-refractivity contribution in [2.45, 2.75) is 69.7 Å². The summed E-state index contributed by atoms with van der Waals surface area (Å²) in [4.78, 5) is 39.9. The molecule has 238 valence electrons. The summed E-state index contributed by atoms with van der Waals surface area (Å²) in [6.45, 7) is 6.46. The molecule has 9 heteroatoms. The normalized spacial score (nSPS) is 21.0. The van der Waals surface area contributed by atoms with E-state index >= 15 is 0 Å². The Morgan fingerprint density at radius 2 is 1.98 bits per heavy atom. The van der Waals surface area contributed by atoms with Crippen LogP contribution in [0.2, 0.25) is 0 Å². The maximum absolute atomic E-state index is 13.8. The minimum Gasteiger partial charge on any atom is -0.392 e. The predicted molar refractivity (Wildman–Crippen MR) is 180 cm³/mol. The number of pyridine rings is 1. The molecule has 2 aliphatic carbocycles. The van der Waals surface area contributed by atoms with Gasteiger partial charge in [-0.2, -0.15) is 0 Å². The molecule has 2 aromatic heterocycles. The first-order valence-corrected chi connectivity index (χ1v) is 17.1. The Morgan fingerprint density at radius 1 is 1.18 bits per heavy atom. The zero-order valence-electron chi connectivity index (χ0n) is 26.6. The van der Waals surface area contributed by atoms with Gasteiger partial charge in [-0.1, -0.05) is 30.9 Å². The molecule has 1 saturated heterocycles. The Labute approximate surface area is 270 Å². The third-order valence-electron chi connectivity index (χ3n) is 9.97. The van der Waals surface area contributed by atoms with Gasteiger partial charge < -0.3 is 25.1 Å². The number of hydrogen-bond acceptors (Lipinski definition) is 7. The molecule has 0 saturated carbocycles. The van der Waals surface area contributed by atoms with Crippen LogP contribution in [0.5, 0.6) is 0 Å². The number of aliphatic hydroxyl groups excluding tert-OH is 1. The number of aliphatic hydroxyl groups is 1. The fourth-order valence-electron chi connectivity index (χ4n) is 7.23. The Kier molecular flexibility index (Phi) is 9.68. The van der Waals surface area contributed by atoms with E-state index in [1.807, 2.05) is 29.3 Å². The predicted octanol–water partition coefficient (Wildman–Crippen LogP) is 5.43. The van der Waals surface area contributed by atoms with Gasteiger partial charge in [0.05, 0.1) is 17.5 Å². The van der Waals surface area contributed by atoms with Crippen molar-refractivity contribution in [2.75, 3.05) is 45.7 Å². The van der Waals surface area contributed by atoms with Crippen molar-refractivity contribution < 1.29 is 14.7 Å². The molecular weight excluding hydrogens is 582 g/mol. The number of thiophene rings is 1. The number of hydrogen-bond donors (Lipinski definition) is 2. The Bertz CT molecular complexity index is 1530. The number of likely N-dealkylation sites (tertiary alicyclic amines) is 1. The Balaban J connectivity index is 1.21. The van der Waals surface area contributed by atoms with Gasteiger partial charge in [0.15, 0.2) is 0 Å². The molecule has 2 aromatic rings. The summed E-state index contributed by atoms with van der Waals surface area (Å²) >= 11 is 1.69. The van der Waals surface area contributed by atoms with Crippen molar-refractivity contribution in [3.63, 3.8) is 0 Å². The standard InChI is InChI=1S/C36H45N5O3S/c1-4-40(3)35(43)30(38-33-15-13-26(22-37-33)24-16-19-39(2)20-17-24)14-12-25-8-7-10-31(29(25)23-42)41-21-18-28-27-9-5-6-11-32(27)45-34(28)36(41)44/h4,7-8,13-15,22,24,31,42H,1,5-6,9-12,16-21,23H2,2-3H3,(H,37,38)/b30-14+. The molecule has 0 bridgehead atoms. The highest BCUT2D eigenvalue weighted by atomic mass is 32.1. The first-order chi connectivity index (χ1) is 21.9. The number of likely N-dealkylation sites (N-methyl/N-ethyl adjacent to an activating group) is 1. The molecule has 0 aromatic carbocycles. The number of aryl methyl sites for hydroxylation is 1. The summed E-state index contributed by atoms with van der Waals surface area (Å²) in [5.74, 6) is 0.973. The van der Waals surface area contributed by atoms with Crippen molar-refractivity contribution >= 4 is 29.0 Å². The lowest BCUT2D eigenvalue weighted by molar-refractivity contribution is -0.123. The maximum Gasteiger partial charge on any atom is 0.273 e. The lowest BCUT2D eigenvalue weighted by atomic mass is 9.87. The maximum atomic E-state index is 13.8. The molecule has 4 aliphatic rings. The number of anilines is 1. The smallest absolute Gasteiger partial charge is 0.273 e. The number of fused-ring (bicyclic) bond motifs is 3. The van der Waals surface area contributed by atoms with E-state index in [4.69, 9.17) is 0 Å². The van der Waals surface area contributed by atoms with Crippen LogP contribution >= 0.6 is 11.3 Å². The van der Waals surface area contributed by atoms with Crippen LogP contribution in [0.15, 0.2) is 66.2 Å². The summed E-state index contributed by atoms with van der Waals surface area (Å²) in [7, 11) is 3.84. The van der Waals surface area contributed by atoms with Gasteiger partial charge in [0.1, 0.15) is 11.5 Å². The van der Waals surface area contributed by atoms with E-state index in [0.29, 0.717) is 36.8 Å². The zero-order chi connectivity index (χ0) is 31.5. The number of allylic oxidation sites excluding steroid dienone is 3. The van der Waals surface area contributed by atoms with Gasteiger partial charge in [-0.15, -0.1) is 11.3 Å². The molecule has 4 heterocycles. The molecule has 0 radical (unpaired) electrons. The van der Waals surface area contributed by atoms with Gasteiger partial charge in [0, 0.05) is 24.7 Å². The number of carbonyl (C=O) groups excluding carboxylic acids is 2. The molecular formula is C36H45N5O3S. The molecule has 0 spiro atoms. The summed E-state index contributed by atoms with van der Waals surface area (Å²) in [5.41, 5.74) is 6.09. The minimum atomic E-state index is -0.228. The van der Waals surface area contributed by atoms with Crippen molar-refractivity contribution in [2.24, 2.45) is 0 Å². The third kappa shape index (κ3) is 6.57. The van der Waals surface area contributed by atoms with Crippen LogP contribution in [-0.2, 0) is 24.1 Å². The van der Waals surface area contributed by atoms with E-state index in [0.717, 1.165) is 61.2 Å². The SMILES string of the molecule is C=CN(C)C(=O)/C(=C\CC1=C(CO)C(N2CCc3c(sc4c3CCCC4)C2=O)CC=C1)Nc1ccc(C2CCN(C)CC2)cn1. The first kappa shape index (κ1) is 31.5. The van der Waals surface area contributed by atoms with E-state index in [-0.39, 0.29) is 24.5 Å². The lowest BCUT2D eigenvalue weighted by Gasteiger charge is -2.37. The highest BCUT2D eigenvalue weighted by molar-refractivity contribution is 7.14. The second kappa shape index (κ2) is 13.8. The Hall–Kier alpha value is -3.53. The molecule has 6 rings (SSSR count). The number of carbonyl (C=O) groups is 2. The molecule has 45 heavy (non-hydrogen) atoms.